The van der Waals surface area contributed by atoms with E-state index in [-0.39, 0.29) is 24.2 Å². The first-order valence-corrected chi connectivity index (χ1v) is 8.10. The summed E-state index contributed by atoms with van der Waals surface area (Å²) in [5.74, 6) is -0.838. The van der Waals surface area contributed by atoms with E-state index < -0.39 is 12.1 Å². The SMILES string of the molecule is CC[C@@H](CNC(=O)[C@@H](C)OC(=O)C1=COCCO1)c1ccccc1. The molecule has 0 bridgehead atoms. The van der Waals surface area contributed by atoms with Gasteiger partial charge in [0.1, 0.15) is 19.5 Å². The fourth-order valence-corrected chi connectivity index (χ4v) is 2.34. The highest BCUT2D eigenvalue weighted by atomic mass is 16.6. The zero-order valence-electron chi connectivity index (χ0n) is 14.0. The van der Waals surface area contributed by atoms with Crippen molar-refractivity contribution in [2.75, 3.05) is 19.8 Å². The Morgan fingerprint density at radius 2 is 2.00 bits per heavy atom. The second-order valence-electron chi connectivity index (χ2n) is 5.51. The van der Waals surface area contributed by atoms with Crippen LogP contribution in [0, 0.1) is 0 Å². The van der Waals surface area contributed by atoms with Gasteiger partial charge in [-0.25, -0.2) is 4.79 Å². The van der Waals surface area contributed by atoms with Crippen LogP contribution in [0.1, 0.15) is 31.7 Å². The lowest BCUT2D eigenvalue weighted by molar-refractivity contribution is -0.155. The van der Waals surface area contributed by atoms with Crippen LogP contribution in [0.3, 0.4) is 0 Å². The number of benzene rings is 1. The van der Waals surface area contributed by atoms with Gasteiger partial charge in [-0.05, 0) is 18.9 Å². The maximum absolute atomic E-state index is 12.1. The Morgan fingerprint density at radius 3 is 2.62 bits per heavy atom. The van der Waals surface area contributed by atoms with Gasteiger partial charge in [0.05, 0.1) is 0 Å². The lowest BCUT2D eigenvalue weighted by Gasteiger charge is -2.19. The summed E-state index contributed by atoms with van der Waals surface area (Å²) in [4.78, 5) is 24.0. The summed E-state index contributed by atoms with van der Waals surface area (Å²) in [5.41, 5.74) is 1.17. The molecule has 1 aliphatic rings. The van der Waals surface area contributed by atoms with Crippen LogP contribution in [0.5, 0.6) is 0 Å². The number of carbonyl (C=O) groups excluding carboxylic acids is 2. The number of amides is 1. The highest BCUT2D eigenvalue weighted by Crippen LogP contribution is 2.18. The first-order chi connectivity index (χ1) is 11.6. The van der Waals surface area contributed by atoms with Crippen molar-refractivity contribution in [1.29, 1.82) is 0 Å². The van der Waals surface area contributed by atoms with E-state index in [9.17, 15) is 9.59 Å². The number of carbonyl (C=O) groups is 2. The van der Waals surface area contributed by atoms with E-state index in [2.05, 4.69) is 12.2 Å². The number of hydrogen-bond acceptors (Lipinski definition) is 5. The zero-order valence-corrected chi connectivity index (χ0v) is 14.0. The molecule has 6 nitrogen and oxygen atoms in total. The number of ether oxygens (including phenoxy) is 3. The molecule has 0 saturated carbocycles. The lowest BCUT2D eigenvalue weighted by atomic mass is 9.96. The number of esters is 1. The van der Waals surface area contributed by atoms with E-state index in [1.165, 1.54) is 18.7 Å². The zero-order chi connectivity index (χ0) is 17.4. The molecule has 24 heavy (non-hydrogen) atoms. The average molecular weight is 333 g/mol. The summed E-state index contributed by atoms with van der Waals surface area (Å²) in [7, 11) is 0. The Balaban J connectivity index is 1.82. The van der Waals surface area contributed by atoms with Crippen LogP contribution in [0.4, 0.5) is 0 Å². The van der Waals surface area contributed by atoms with Gasteiger partial charge >= 0.3 is 5.97 Å². The Morgan fingerprint density at radius 1 is 1.25 bits per heavy atom. The molecule has 2 atom stereocenters. The Bertz CT molecular complexity index is 584. The van der Waals surface area contributed by atoms with Crippen LogP contribution < -0.4 is 5.32 Å². The molecule has 130 valence electrons. The molecule has 0 fully saturated rings. The largest absolute Gasteiger partial charge is 0.493 e. The second-order valence-corrected chi connectivity index (χ2v) is 5.51. The molecule has 1 aromatic carbocycles. The minimum Gasteiger partial charge on any atom is -0.493 e. The molecule has 0 aliphatic carbocycles. The summed E-state index contributed by atoms with van der Waals surface area (Å²) in [6.45, 7) is 4.77. The fourth-order valence-electron chi connectivity index (χ4n) is 2.34. The van der Waals surface area contributed by atoms with Crippen LogP contribution in [-0.2, 0) is 23.8 Å². The topological polar surface area (TPSA) is 73.9 Å². The minimum atomic E-state index is -0.905. The van der Waals surface area contributed by atoms with E-state index in [4.69, 9.17) is 14.2 Å². The van der Waals surface area contributed by atoms with Crippen molar-refractivity contribution in [3.8, 4) is 0 Å². The molecule has 0 unspecified atom stereocenters. The highest BCUT2D eigenvalue weighted by molar-refractivity contribution is 5.89. The average Bonchev–Trinajstić information content (AvgIpc) is 2.63. The van der Waals surface area contributed by atoms with Crippen molar-refractivity contribution in [2.45, 2.75) is 32.3 Å². The quantitative estimate of drug-likeness (QED) is 0.774. The van der Waals surface area contributed by atoms with E-state index in [1.807, 2.05) is 30.3 Å². The Hall–Kier alpha value is -2.50. The van der Waals surface area contributed by atoms with Gasteiger partial charge in [-0.2, -0.15) is 0 Å². The van der Waals surface area contributed by atoms with Crippen molar-refractivity contribution >= 4 is 11.9 Å². The van der Waals surface area contributed by atoms with Gasteiger partial charge in [-0.15, -0.1) is 0 Å². The van der Waals surface area contributed by atoms with Crippen molar-refractivity contribution < 1.29 is 23.8 Å². The third kappa shape index (κ3) is 5.01. The second kappa shape index (κ2) is 8.96. The van der Waals surface area contributed by atoms with Crippen LogP contribution in [-0.4, -0.2) is 37.7 Å². The third-order valence-corrected chi connectivity index (χ3v) is 3.79. The maximum atomic E-state index is 12.1. The predicted molar refractivity (Wildman–Crippen MR) is 88.0 cm³/mol. The van der Waals surface area contributed by atoms with Gasteiger partial charge < -0.3 is 19.5 Å². The first-order valence-electron chi connectivity index (χ1n) is 8.10. The summed E-state index contributed by atoms with van der Waals surface area (Å²) >= 11 is 0. The van der Waals surface area contributed by atoms with E-state index in [0.717, 1.165) is 6.42 Å². The molecule has 1 amide bonds. The lowest BCUT2D eigenvalue weighted by Crippen LogP contribution is -2.38. The molecule has 1 heterocycles. The summed E-state index contributed by atoms with van der Waals surface area (Å²) in [5, 5.41) is 2.83. The van der Waals surface area contributed by atoms with Gasteiger partial charge in [-0.3, -0.25) is 4.79 Å². The highest BCUT2D eigenvalue weighted by Gasteiger charge is 2.23. The Kier molecular flexibility index (Phi) is 6.66. The first kappa shape index (κ1) is 17.8. The van der Waals surface area contributed by atoms with Crippen molar-refractivity contribution in [3.63, 3.8) is 0 Å². The normalized spacial score (nSPS) is 16.0. The summed E-state index contributed by atoms with van der Waals surface area (Å²) in [6, 6.07) is 9.99. The van der Waals surface area contributed by atoms with Crippen molar-refractivity contribution in [1.82, 2.24) is 5.32 Å². The predicted octanol–water partition coefficient (Wildman–Crippen LogP) is 2.12. The van der Waals surface area contributed by atoms with Crippen LogP contribution in [0.15, 0.2) is 42.4 Å². The molecule has 0 spiro atoms. The van der Waals surface area contributed by atoms with Crippen LogP contribution in [0.2, 0.25) is 0 Å². The number of hydrogen-bond donors (Lipinski definition) is 1. The fraction of sp³-hybridized carbons (Fsp3) is 0.444. The van der Waals surface area contributed by atoms with Gasteiger partial charge in [-0.1, -0.05) is 37.3 Å². The monoisotopic (exact) mass is 333 g/mol. The summed E-state index contributed by atoms with van der Waals surface area (Å²) < 4.78 is 15.2. The van der Waals surface area contributed by atoms with Crippen molar-refractivity contribution in [2.24, 2.45) is 0 Å². The smallest absolute Gasteiger partial charge is 0.377 e. The minimum absolute atomic E-state index is 0.0170. The molecule has 2 rings (SSSR count). The molecule has 0 saturated heterocycles. The Labute approximate surface area is 141 Å². The number of nitrogens with one attached hydrogen (secondary N) is 1. The molecular formula is C18H23NO5. The van der Waals surface area contributed by atoms with Gasteiger partial charge in [0.2, 0.25) is 5.76 Å². The standard InChI is InChI=1S/C18H23NO5/c1-3-14(15-7-5-4-6-8-15)11-19-17(20)13(2)24-18(21)16-12-22-9-10-23-16/h4-8,12-14H,3,9-11H2,1-2H3,(H,19,20)/t13-,14+/m1/s1. The third-order valence-electron chi connectivity index (χ3n) is 3.79. The molecule has 1 aliphatic heterocycles. The van der Waals surface area contributed by atoms with E-state index in [1.54, 1.807) is 0 Å². The molecule has 6 heteroatoms. The van der Waals surface area contributed by atoms with Crippen LogP contribution >= 0.6 is 0 Å². The van der Waals surface area contributed by atoms with E-state index >= 15 is 0 Å². The maximum Gasteiger partial charge on any atom is 0.377 e. The van der Waals surface area contributed by atoms with Gasteiger partial charge in [0.15, 0.2) is 6.10 Å². The molecule has 1 aromatic rings. The van der Waals surface area contributed by atoms with Gasteiger partial charge in [0, 0.05) is 12.5 Å². The summed E-state index contributed by atoms with van der Waals surface area (Å²) in [6.07, 6.45) is 1.20. The molecule has 1 N–H and O–H groups in total. The molecular weight excluding hydrogens is 310 g/mol. The van der Waals surface area contributed by atoms with Crippen molar-refractivity contribution in [3.05, 3.63) is 47.9 Å². The molecule has 0 radical (unpaired) electrons. The van der Waals surface area contributed by atoms with Gasteiger partial charge in [0.25, 0.3) is 5.91 Å². The number of rotatable bonds is 7. The van der Waals surface area contributed by atoms with Crippen LogP contribution in [0.25, 0.3) is 0 Å². The van der Waals surface area contributed by atoms with E-state index in [0.29, 0.717) is 13.2 Å². The molecule has 0 aromatic heterocycles.